The van der Waals surface area contributed by atoms with Crippen molar-refractivity contribution < 1.29 is 14.7 Å². The van der Waals surface area contributed by atoms with Crippen molar-refractivity contribution in [3.63, 3.8) is 0 Å². The highest BCUT2D eigenvalue weighted by atomic mass is 16.4. The fourth-order valence-electron chi connectivity index (χ4n) is 4.52. The third kappa shape index (κ3) is 3.43. The van der Waals surface area contributed by atoms with E-state index >= 15 is 0 Å². The summed E-state index contributed by atoms with van der Waals surface area (Å²) in [5.74, 6) is -0.118. The molecule has 4 rings (SSSR count). The Hall–Kier alpha value is -1.88. The molecule has 0 aromatic heterocycles. The number of amides is 1. The van der Waals surface area contributed by atoms with E-state index in [0.29, 0.717) is 18.9 Å². The number of piperidine rings is 1. The van der Waals surface area contributed by atoms with E-state index in [1.54, 1.807) is 0 Å². The summed E-state index contributed by atoms with van der Waals surface area (Å²) in [7, 11) is 0. The maximum atomic E-state index is 12.3. The molecule has 5 heteroatoms. The van der Waals surface area contributed by atoms with Crippen LogP contribution in [0.5, 0.6) is 0 Å². The van der Waals surface area contributed by atoms with E-state index in [1.807, 2.05) is 23.1 Å². The molecule has 3 aliphatic rings. The Kier molecular flexibility index (Phi) is 4.28. The first-order chi connectivity index (χ1) is 12.1. The minimum absolute atomic E-state index is 0.0537. The van der Waals surface area contributed by atoms with Crippen LogP contribution in [0.2, 0.25) is 0 Å². The molecule has 1 aromatic rings. The van der Waals surface area contributed by atoms with Crippen LogP contribution < -0.4 is 0 Å². The Labute approximate surface area is 148 Å². The Balaban J connectivity index is 1.43. The Bertz CT molecular complexity index is 648. The number of nitrogens with zero attached hydrogens (tertiary/aromatic N) is 2. The monoisotopic (exact) mass is 342 g/mol. The van der Waals surface area contributed by atoms with Gasteiger partial charge >= 0.3 is 5.97 Å². The van der Waals surface area contributed by atoms with Crippen LogP contribution in [0, 0.1) is 11.3 Å². The minimum Gasteiger partial charge on any atom is -0.480 e. The molecule has 0 bridgehead atoms. The molecule has 2 saturated heterocycles. The lowest BCUT2D eigenvalue weighted by molar-refractivity contribution is -0.142. The third-order valence-corrected chi connectivity index (χ3v) is 6.18. The van der Waals surface area contributed by atoms with Crippen molar-refractivity contribution in [1.29, 1.82) is 0 Å². The lowest BCUT2D eigenvalue weighted by Gasteiger charge is -2.39. The summed E-state index contributed by atoms with van der Waals surface area (Å²) < 4.78 is 0. The normalized spacial score (nSPS) is 26.1. The first-order valence-corrected chi connectivity index (χ1v) is 9.36. The molecular formula is C20H26N2O3. The van der Waals surface area contributed by atoms with E-state index in [-0.39, 0.29) is 11.3 Å². The first-order valence-electron chi connectivity index (χ1n) is 9.36. The van der Waals surface area contributed by atoms with E-state index in [0.717, 1.165) is 50.9 Å². The highest BCUT2D eigenvalue weighted by Crippen LogP contribution is 2.44. The molecule has 25 heavy (non-hydrogen) atoms. The Morgan fingerprint density at radius 1 is 1.12 bits per heavy atom. The molecule has 1 aromatic carbocycles. The van der Waals surface area contributed by atoms with Gasteiger partial charge in [0.2, 0.25) is 5.91 Å². The van der Waals surface area contributed by atoms with Crippen molar-refractivity contribution in [3.05, 3.63) is 35.9 Å². The SMILES string of the molecule is O=C(O)[C@@H]1CC2(CCN(C(=O)C3CC3)CC2)CN1Cc1ccccc1. The maximum Gasteiger partial charge on any atom is 0.320 e. The van der Waals surface area contributed by atoms with Crippen LogP contribution >= 0.6 is 0 Å². The predicted molar refractivity (Wildman–Crippen MR) is 93.9 cm³/mol. The first kappa shape index (κ1) is 16.6. The minimum atomic E-state index is -0.718. The molecule has 1 spiro atoms. The number of hydrogen-bond donors (Lipinski definition) is 1. The number of carboxylic acid groups (broad SMARTS) is 1. The van der Waals surface area contributed by atoms with Crippen LogP contribution in [0.15, 0.2) is 30.3 Å². The van der Waals surface area contributed by atoms with Crippen molar-refractivity contribution in [3.8, 4) is 0 Å². The summed E-state index contributed by atoms with van der Waals surface area (Å²) >= 11 is 0. The van der Waals surface area contributed by atoms with Gasteiger partial charge in [0.05, 0.1) is 0 Å². The fraction of sp³-hybridized carbons (Fsp3) is 0.600. The number of hydrogen-bond acceptors (Lipinski definition) is 3. The number of likely N-dealkylation sites (tertiary alicyclic amines) is 2. The van der Waals surface area contributed by atoms with E-state index < -0.39 is 12.0 Å². The van der Waals surface area contributed by atoms with Crippen LogP contribution in [0.1, 0.15) is 37.7 Å². The van der Waals surface area contributed by atoms with Crippen molar-refractivity contribution >= 4 is 11.9 Å². The number of benzene rings is 1. The average molecular weight is 342 g/mol. The molecule has 134 valence electrons. The second-order valence-electron chi connectivity index (χ2n) is 8.05. The molecule has 0 unspecified atom stereocenters. The van der Waals surface area contributed by atoms with Gasteiger partial charge in [0.25, 0.3) is 0 Å². The van der Waals surface area contributed by atoms with Crippen LogP contribution in [0.25, 0.3) is 0 Å². The van der Waals surface area contributed by atoms with Crippen molar-refractivity contribution in [2.45, 2.75) is 44.7 Å². The average Bonchev–Trinajstić information content (AvgIpc) is 3.40. The molecule has 0 radical (unpaired) electrons. The van der Waals surface area contributed by atoms with Crippen molar-refractivity contribution in [2.75, 3.05) is 19.6 Å². The zero-order valence-electron chi connectivity index (χ0n) is 14.6. The molecule has 1 atom stereocenters. The van der Waals surface area contributed by atoms with Gasteiger partial charge in [-0.05, 0) is 43.1 Å². The largest absolute Gasteiger partial charge is 0.480 e. The molecule has 2 heterocycles. The topological polar surface area (TPSA) is 60.9 Å². The van der Waals surface area contributed by atoms with Gasteiger partial charge in [0.15, 0.2) is 0 Å². The molecule has 5 nitrogen and oxygen atoms in total. The van der Waals surface area contributed by atoms with Crippen LogP contribution in [-0.2, 0) is 16.1 Å². The van der Waals surface area contributed by atoms with Gasteiger partial charge in [-0.1, -0.05) is 30.3 Å². The standard InChI is InChI=1S/C20H26N2O3/c23-18(16-6-7-16)21-10-8-20(9-11-21)12-17(19(24)25)22(14-20)13-15-4-2-1-3-5-15/h1-5,16-17H,6-14H2,(H,24,25)/t17-/m0/s1. The highest BCUT2D eigenvalue weighted by molar-refractivity contribution is 5.81. The second-order valence-corrected chi connectivity index (χ2v) is 8.05. The summed E-state index contributed by atoms with van der Waals surface area (Å²) in [5.41, 5.74) is 1.21. The van der Waals surface area contributed by atoms with E-state index in [1.165, 1.54) is 0 Å². The number of carboxylic acids is 1. The fourth-order valence-corrected chi connectivity index (χ4v) is 4.52. The third-order valence-electron chi connectivity index (χ3n) is 6.18. The lowest BCUT2D eigenvalue weighted by atomic mass is 9.76. The molecule has 3 fully saturated rings. The van der Waals surface area contributed by atoms with E-state index in [9.17, 15) is 14.7 Å². The van der Waals surface area contributed by atoms with Crippen molar-refractivity contribution in [1.82, 2.24) is 9.80 Å². The number of carbonyl (C=O) groups excluding carboxylic acids is 1. The molecular weight excluding hydrogens is 316 g/mol. The van der Waals surface area contributed by atoms with Gasteiger partial charge in [-0.3, -0.25) is 14.5 Å². The number of aliphatic carboxylic acids is 1. The highest BCUT2D eigenvalue weighted by Gasteiger charge is 2.49. The van der Waals surface area contributed by atoms with Gasteiger partial charge in [-0.2, -0.15) is 0 Å². The molecule has 2 aliphatic heterocycles. The zero-order chi connectivity index (χ0) is 17.4. The second kappa shape index (κ2) is 6.45. The summed E-state index contributed by atoms with van der Waals surface area (Å²) in [4.78, 5) is 28.2. The van der Waals surface area contributed by atoms with Gasteiger partial charge in [0.1, 0.15) is 6.04 Å². The van der Waals surface area contributed by atoms with Crippen molar-refractivity contribution in [2.24, 2.45) is 11.3 Å². The molecule has 1 N–H and O–H groups in total. The summed E-state index contributed by atoms with van der Waals surface area (Å²) in [6, 6.07) is 9.68. The predicted octanol–water partition coefficient (Wildman–Crippen LogP) is 2.36. The van der Waals surface area contributed by atoms with E-state index in [2.05, 4.69) is 17.0 Å². The quantitative estimate of drug-likeness (QED) is 0.912. The summed E-state index contributed by atoms with van der Waals surface area (Å²) in [5, 5.41) is 9.69. The van der Waals surface area contributed by atoms with E-state index in [4.69, 9.17) is 0 Å². The lowest BCUT2D eigenvalue weighted by Crippen LogP contribution is -2.44. The summed E-state index contributed by atoms with van der Waals surface area (Å²) in [6.07, 6.45) is 4.67. The Morgan fingerprint density at radius 3 is 2.40 bits per heavy atom. The molecule has 1 aliphatic carbocycles. The van der Waals surface area contributed by atoms with Crippen LogP contribution in [-0.4, -0.2) is 52.5 Å². The number of rotatable bonds is 4. The smallest absolute Gasteiger partial charge is 0.320 e. The Morgan fingerprint density at radius 2 is 1.80 bits per heavy atom. The van der Waals surface area contributed by atoms with Crippen LogP contribution in [0.3, 0.4) is 0 Å². The number of carbonyl (C=O) groups is 2. The summed E-state index contributed by atoms with van der Waals surface area (Å²) in [6.45, 7) is 3.09. The van der Waals surface area contributed by atoms with Crippen LogP contribution in [0.4, 0.5) is 0 Å². The molecule has 1 saturated carbocycles. The van der Waals surface area contributed by atoms with Gasteiger partial charge in [0, 0.05) is 32.1 Å². The van der Waals surface area contributed by atoms with Gasteiger partial charge < -0.3 is 10.0 Å². The maximum absolute atomic E-state index is 12.3. The van der Waals surface area contributed by atoms with Gasteiger partial charge in [-0.25, -0.2) is 0 Å². The molecule has 1 amide bonds. The zero-order valence-corrected chi connectivity index (χ0v) is 14.6. The van der Waals surface area contributed by atoms with Gasteiger partial charge in [-0.15, -0.1) is 0 Å².